The summed E-state index contributed by atoms with van der Waals surface area (Å²) in [6.45, 7) is 8.10. The lowest BCUT2D eigenvalue weighted by molar-refractivity contribution is -0.0195. The van der Waals surface area contributed by atoms with Crippen LogP contribution in [0, 0.1) is 0 Å². The molecule has 0 saturated carbocycles. The van der Waals surface area contributed by atoms with Crippen molar-refractivity contribution in [3.8, 4) is 0 Å². The van der Waals surface area contributed by atoms with Crippen LogP contribution in [-0.2, 0) is 26.9 Å². The van der Waals surface area contributed by atoms with Gasteiger partial charge in [0.2, 0.25) is 0 Å². The van der Waals surface area contributed by atoms with E-state index in [1.54, 1.807) is 6.92 Å². The minimum Gasteiger partial charge on any atom is -0.368 e. The molecule has 0 fully saturated rings. The zero-order valence-corrected chi connectivity index (χ0v) is 11.8. The third-order valence-corrected chi connectivity index (χ3v) is 3.11. The fourth-order valence-electron chi connectivity index (χ4n) is 1.20. The summed E-state index contributed by atoms with van der Waals surface area (Å²) in [6, 6.07) is 0. The van der Waals surface area contributed by atoms with Gasteiger partial charge in [-0.15, -0.1) is 10.2 Å². The summed E-state index contributed by atoms with van der Waals surface area (Å²) in [5.74, 6) is 0.446. The summed E-state index contributed by atoms with van der Waals surface area (Å²) in [6.07, 6.45) is 0. The first-order valence-corrected chi connectivity index (χ1v) is 7.47. The van der Waals surface area contributed by atoms with Crippen LogP contribution in [0.2, 0.25) is 0 Å². The van der Waals surface area contributed by atoms with E-state index in [-0.39, 0.29) is 17.4 Å². The predicted molar refractivity (Wildman–Crippen MR) is 63.3 cm³/mol. The van der Waals surface area contributed by atoms with Crippen molar-refractivity contribution < 1.29 is 13.2 Å². The van der Waals surface area contributed by atoms with Crippen molar-refractivity contribution in [2.75, 3.05) is 0 Å². The van der Waals surface area contributed by atoms with Gasteiger partial charge >= 0.3 is 0 Å². The summed E-state index contributed by atoms with van der Waals surface area (Å²) in [5.41, 5.74) is -0.329. The normalized spacial score (nSPS) is 13.0. The number of aromatic nitrogens is 3. The molecule has 6 nitrogen and oxygen atoms in total. The van der Waals surface area contributed by atoms with E-state index in [1.165, 1.54) is 4.57 Å². The Hall–Kier alpha value is -0.660. The van der Waals surface area contributed by atoms with E-state index < -0.39 is 9.05 Å². The average molecular weight is 282 g/mol. The molecule has 8 heteroatoms. The fraction of sp³-hybridized carbons (Fsp3) is 0.778. The van der Waals surface area contributed by atoms with Crippen LogP contribution in [0.5, 0.6) is 0 Å². The van der Waals surface area contributed by atoms with Crippen LogP contribution >= 0.6 is 10.7 Å². The van der Waals surface area contributed by atoms with Gasteiger partial charge in [-0.3, -0.25) is 4.57 Å². The number of hydrogen-bond donors (Lipinski definition) is 0. The molecule has 0 spiro atoms. The second kappa shape index (κ2) is 4.91. The third-order valence-electron chi connectivity index (χ3n) is 1.96. The number of halogens is 1. The molecule has 0 aliphatic heterocycles. The molecular formula is C9H16ClN3O3S. The Balaban J connectivity index is 3.00. The molecule has 0 saturated heterocycles. The standard InChI is InChI=1S/C9H16ClN3O3S/c1-5-13-7(6-16-9(2,3)4)11-12-8(13)17(10,14)15/h5-6H2,1-4H3. The smallest absolute Gasteiger partial charge is 0.296 e. The molecule has 0 radical (unpaired) electrons. The topological polar surface area (TPSA) is 74.1 Å². The monoisotopic (exact) mass is 281 g/mol. The van der Waals surface area contributed by atoms with E-state index in [0.717, 1.165) is 0 Å². The van der Waals surface area contributed by atoms with E-state index in [9.17, 15) is 8.42 Å². The molecule has 0 N–H and O–H groups in total. The van der Waals surface area contributed by atoms with E-state index >= 15 is 0 Å². The van der Waals surface area contributed by atoms with Gasteiger partial charge in [0.1, 0.15) is 6.61 Å². The van der Waals surface area contributed by atoms with Gasteiger partial charge in [0.25, 0.3) is 14.2 Å². The highest BCUT2D eigenvalue weighted by molar-refractivity contribution is 8.13. The number of rotatable bonds is 4. The van der Waals surface area contributed by atoms with Crippen molar-refractivity contribution >= 4 is 19.7 Å². The molecule has 0 bridgehead atoms. The van der Waals surface area contributed by atoms with Crippen molar-refractivity contribution in [3.05, 3.63) is 5.82 Å². The van der Waals surface area contributed by atoms with E-state index in [0.29, 0.717) is 12.4 Å². The molecule has 1 aromatic rings. The largest absolute Gasteiger partial charge is 0.368 e. The van der Waals surface area contributed by atoms with Gasteiger partial charge in [-0.2, -0.15) is 0 Å². The number of ether oxygens (including phenoxy) is 1. The van der Waals surface area contributed by atoms with Crippen LogP contribution in [-0.4, -0.2) is 28.8 Å². The lowest BCUT2D eigenvalue weighted by Gasteiger charge is -2.19. The summed E-state index contributed by atoms with van der Waals surface area (Å²) < 4.78 is 29.4. The Morgan fingerprint density at radius 3 is 2.35 bits per heavy atom. The Morgan fingerprint density at radius 1 is 1.35 bits per heavy atom. The summed E-state index contributed by atoms with van der Waals surface area (Å²) in [4.78, 5) is 0. The van der Waals surface area contributed by atoms with Gasteiger partial charge in [0, 0.05) is 17.2 Å². The van der Waals surface area contributed by atoms with Crippen LogP contribution in [0.15, 0.2) is 5.16 Å². The second-order valence-corrected chi connectivity index (χ2v) is 6.94. The Morgan fingerprint density at radius 2 is 1.94 bits per heavy atom. The molecule has 1 rings (SSSR count). The zero-order chi connectivity index (χ0) is 13.3. The molecule has 0 aliphatic carbocycles. The van der Waals surface area contributed by atoms with Gasteiger partial charge in [-0.1, -0.05) is 0 Å². The molecule has 0 amide bonds. The quantitative estimate of drug-likeness (QED) is 0.783. The van der Waals surface area contributed by atoms with E-state index in [4.69, 9.17) is 15.4 Å². The lowest BCUT2D eigenvalue weighted by atomic mass is 10.2. The van der Waals surface area contributed by atoms with Gasteiger partial charge in [0.05, 0.1) is 5.60 Å². The van der Waals surface area contributed by atoms with Gasteiger partial charge in [0.15, 0.2) is 5.82 Å². The van der Waals surface area contributed by atoms with Crippen LogP contribution < -0.4 is 0 Å². The molecule has 1 aromatic heterocycles. The average Bonchev–Trinajstić information content (AvgIpc) is 2.55. The Kier molecular flexibility index (Phi) is 4.16. The van der Waals surface area contributed by atoms with Gasteiger partial charge < -0.3 is 4.74 Å². The molecule has 0 unspecified atom stereocenters. The minimum atomic E-state index is -3.87. The van der Waals surface area contributed by atoms with Crippen molar-refractivity contribution in [2.24, 2.45) is 0 Å². The molecule has 98 valence electrons. The molecule has 0 atom stereocenters. The number of hydrogen-bond acceptors (Lipinski definition) is 5. The fourth-order valence-corrected chi connectivity index (χ4v) is 2.18. The first-order valence-electron chi connectivity index (χ1n) is 5.16. The number of nitrogens with zero attached hydrogens (tertiary/aromatic N) is 3. The summed E-state index contributed by atoms with van der Waals surface area (Å²) in [5, 5.41) is 7.11. The van der Waals surface area contributed by atoms with E-state index in [2.05, 4.69) is 10.2 Å². The second-order valence-electron chi connectivity index (χ2n) is 4.48. The minimum absolute atomic E-state index is 0.191. The van der Waals surface area contributed by atoms with Crippen LogP contribution in [0.25, 0.3) is 0 Å². The van der Waals surface area contributed by atoms with Crippen LogP contribution in [0.4, 0.5) is 0 Å². The highest BCUT2D eigenvalue weighted by Gasteiger charge is 2.22. The lowest BCUT2D eigenvalue weighted by Crippen LogP contribution is -2.20. The molecule has 17 heavy (non-hydrogen) atoms. The Labute approximate surface area is 105 Å². The zero-order valence-electron chi connectivity index (χ0n) is 10.3. The maximum Gasteiger partial charge on any atom is 0.296 e. The van der Waals surface area contributed by atoms with Crippen LogP contribution in [0.3, 0.4) is 0 Å². The first-order chi connectivity index (χ1) is 7.65. The van der Waals surface area contributed by atoms with Gasteiger partial charge in [-0.25, -0.2) is 8.42 Å². The third kappa shape index (κ3) is 3.93. The van der Waals surface area contributed by atoms with Crippen LogP contribution in [0.1, 0.15) is 33.5 Å². The molecule has 0 aliphatic rings. The molecule has 1 heterocycles. The van der Waals surface area contributed by atoms with Crippen molar-refractivity contribution in [3.63, 3.8) is 0 Å². The van der Waals surface area contributed by atoms with Crippen molar-refractivity contribution in [1.82, 2.24) is 14.8 Å². The maximum atomic E-state index is 11.2. The predicted octanol–water partition coefficient (Wildman–Crippen LogP) is 1.54. The SMILES string of the molecule is CCn1c(COC(C)(C)C)nnc1S(=O)(=O)Cl. The summed E-state index contributed by atoms with van der Waals surface area (Å²) >= 11 is 0. The first kappa shape index (κ1) is 14.4. The van der Waals surface area contributed by atoms with Gasteiger partial charge in [-0.05, 0) is 27.7 Å². The van der Waals surface area contributed by atoms with E-state index in [1.807, 2.05) is 20.8 Å². The van der Waals surface area contributed by atoms with Crippen molar-refractivity contribution in [2.45, 2.75) is 51.6 Å². The maximum absolute atomic E-state index is 11.2. The summed E-state index contributed by atoms with van der Waals surface area (Å²) in [7, 11) is 1.38. The Bertz CT molecular complexity index is 490. The highest BCUT2D eigenvalue weighted by atomic mass is 35.7. The molecular weight excluding hydrogens is 266 g/mol. The van der Waals surface area contributed by atoms with Crippen molar-refractivity contribution in [1.29, 1.82) is 0 Å². The molecule has 0 aromatic carbocycles. The highest BCUT2D eigenvalue weighted by Crippen LogP contribution is 2.16.